The number of cyclic esters (lactones) is 1. The highest BCUT2D eigenvalue weighted by molar-refractivity contribution is 7.98. The first-order valence-corrected chi connectivity index (χ1v) is 25.7. The lowest BCUT2D eigenvalue weighted by Crippen LogP contribution is -2.62. The van der Waals surface area contributed by atoms with E-state index in [2.05, 4.69) is 45.7 Å². The van der Waals surface area contributed by atoms with Crippen LogP contribution in [0.15, 0.2) is 35.4 Å². The molecule has 0 amide bonds. The highest BCUT2D eigenvalue weighted by atomic mass is 32.2. The smallest absolute Gasteiger partial charge is 0.309 e. The maximum absolute atomic E-state index is 14.6. The number of aliphatic hydroxyl groups is 5. The van der Waals surface area contributed by atoms with Crippen LogP contribution in [-0.4, -0.2) is 181 Å². The van der Waals surface area contributed by atoms with Crippen molar-refractivity contribution in [2.75, 3.05) is 40.6 Å². The third-order valence-corrected chi connectivity index (χ3v) is 16.3. The predicted octanol–water partition coefficient (Wildman–Crippen LogP) is 4.34. The minimum atomic E-state index is -1.80. The maximum atomic E-state index is 14.6. The van der Waals surface area contributed by atoms with Gasteiger partial charge in [-0.15, -0.1) is 16.9 Å². The van der Waals surface area contributed by atoms with Crippen molar-refractivity contribution in [2.24, 2.45) is 23.7 Å². The molecule has 0 radical (unpaired) electrons. The SMILES string of the molecule is CC[C@H]1OC(=O)[C@H](C)[C@@H](C2C[C@@](C)(OC)[C@@H](O)[C@H](C)O2)[C@H](C)[C@@H](O[C@@H]2O[C@H](C)C[C@H](N(C)CCc3cn(CCc4ccc(SC)cc4)nn3)[C@H]2O)[C@](C)(O)C[C@@H](C)CN(C)[C@H](C)[C@@H](O)[C@]1(C)O. The first-order chi connectivity index (χ1) is 31.4. The molecule has 2 aromatic rings. The minimum absolute atomic E-state index is 0.156. The number of hydrogen-bond donors (Lipinski definition) is 5. The molecule has 0 saturated carbocycles. The fraction of sp³-hybridized carbons (Fsp3) is 0.820. The molecule has 5 rings (SSSR count). The summed E-state index contributed by atoms with van der Waals surface area (Å²) in [5.41, 5.74) is -2.33. The number of aryl methyl sites for hydroxylation is 2. The Labute approximate surface area is 404 Å². The van der Waals surface area contributed by atoms with E-state index in [1.54, 1.807) is 46.6 Å². The van der Waals surface area contributed by atoms with Crippen molar-refractivity contribution in [1.29, 1.82) is 0 Å². The van der Waals surface area contributed by atoms with Gasteiger partial charge in [0.15, 0.2) is 6.29 Å². The minimum Gasteiger partial charge on any atom is -0.459 e. The normalized spacial score (nSPS) is 41.1. The second-order valence-electron chi connectivity index (χ2n) is 21.1. The molecule has 4 heterocycles. The van der Waals surface area contributed by atoms with Gasteiger partial charge in [-0.05, 0) is 117 Å². The lowest BCUT2D eigenvalue weighted by atomic mass is 9.68. The molecule has 16 nitrogen and oxygen atoms in total. The number of ether oxygens (including phenoxy) is 5. The first kappa shape index (κ1) is 55.7. The van der Waals surface area contributed by atoms with Crippen LogP contribution in [0.4, 0.5) is 0 Å². The van der Waals surface area contributed by atoms with Crippen LogP contribution in [0.2, 0.25) is 0 Å². The van der Waals surface area contributed by atoms with E-state index < -0.39 is 95.6 Å². The third-order valence-electron chi connectivity index (χ3n) is 15.6. The van der Waals surface area contributed by atoms with Crippen molar-refractivity contribution in [3.63, 3.8) is 0 Å². The first-order valence-electron chi connectivity index (χ1n) is 24.5. The summed E-state index contributed by atoms with van der Waals surface area (Å²) in [6, 6.07) is 7.64. The maximum Gasteiger partial charge on any atom is 0.309 e. The van der Waals surface area contributed by atoms with E-state index in [1.807, 2.05) is 64.5 Å². The summed E-state index contributed by atoms with van der Waals surface area (Å²) in [5.74, 6) is -3.06. The number of nitrogens with zero attached hydrogens (tertiary/aromatic N) is 5. The molecule has 3 aliphatic heterocycles. The Morgan fingerprint density at radius 2 is 1.64 bits per heavy atom. The van der Waals surface area contributed by atoms with Gasteiger partial charge in [-0.1, -0.05) is 45.0 Å². The van der Waals surface area contributed by atoms with Crippen molar-refractivity contribution < 1.29 is 54.0 Å². The summed E-state index contributed by atoms with van der Waals surface area (Å²) in [6.07, 6.45) is -1.62. The van der Waals surface area contributed by atoms with Gasteiger partial charge < -0.3 is 59.0 Å². The Bertz CT molecular complexity index is 1860. The monoisotopic (exact) mass is 964 g/mol. The summed E-state index contributed by atoms with van der Waals surface area (Å²) in [4.78, 5) is 19.9. The zero-order valence-electron chi connectivity index (χ0n) is 42.7. The second-order valence-corrected chi connectivity index (χ2v) is 22.0. The molecule has 1 unspecified atom stereocenters. The number of carbonyl (C=O) groups excluding carboxylic acids is 1. The molecular formula is C50H85N5O11S. The Morgan fingerprint density at radius 3 is 2.27 bits per heavy atom. The topological polar surface area (TPSA) is 202 Å². The molecule has 3 aliphatic rings. The Hall–Kier alpha value is -2.26. The predicted molar refractivity (Wildman–Crippen MR) is 257 cm³/mol. The number of methoxy groups -OCH3 is 1. The summed E-state index contributed by atoms with van der Waals surface area (Å²) < 4.78 is 34.1. The van der Waals surface area contributed by atoms with E-state index in [0.717, 1.165) is 12.1 Å². The van der Waals surface area contributed by atoms with E-state index in [4.69, 9.17) is 23.7 Å². The van der Waals surface area contributed by atoms with Gasteiger partial charge in [0.1, 0.15) is 30.0 Å². The van der Waals surface area contributed by atoms with Crippen LogP contribution < -0.4 is 0 Å². The summed E-state index contributed by atoms with van der Waals surface area (Å²) in [7, 11) is 5.37. The zero-order chi connectivity index (χ0) is 49.8. The number of thioether (sulfide) groups is 1. The number of likely N-dealkylation sites (N-methyl/N-ethyl adjacent to an activating group) is 2. The van der Waals surface area contributed by atoms with Gasteiger partial charge in [-0.3, -0.25) is 9.48 Å². The highest BCUT2D eigenvalue weighted by Crippen LogP contribution is 2.45. The van der Waals surface area contributed by atoms with Crippen molar-refractivity contribution in [1.82, 2.24) is 24.8 Å². The lowest BCUT2D eigenvalue weighted by molar-refractivity contribution is -0.302. The zero-order valence-corrected chi connectivity index (χ0v) is 43.6. The van der Waals surface area contributed by atoms with E-state index in [-0.39, 0.29) is 37.3 Å². The number of benzene rings is 1. The van der Waals surface area contributed by atoms with Crippen LogP contribution in [0.25, 0.3) is 0 Å². The van der Waals surface area contributed by atoms with E-state index in [0.29, 0.717) is 32.5 Å². The molecule has 5 N–H and O–H groups in total. The van der Waals surface area contributed by atoms with Gasteiger partial charge in [0.25, 0.3) is 0 Å². The van der Waals surface area contributed by atoms with Crippen LogP contribution in [0.1, 0.15) is 106 Å². The van der Waals surface area contributed by atoms with Crippen LogP contribution in [0.3, 0.4) is 0 Å². The van der Waals surface area contributed by atoms with E-state index in [9.17, 15) is 30.3 Å². The van der Waals surface area contributed by atoms with Crippen LogP contribution in [0, 0.1) is 23.7 Å². The number of esters is 1. The van der Waals surface area contributed by atoms with Crippen molar-refractivity contribution in [3.05, 3.63) is 41.7 Å². The molecule has 67 heavy (non-hydrogen) atoms. The highest BCUT2D eigenvalue weighted by Gasteiger charge is 2.55. The van der Waals surface area contributed by atoms with Crippen molar-refractivity contribution in [3.8, 4) is 0 Å². The molecule has 18 atom stereocenters. The average molecular weight is 964 g/mol. The number of hydrogen-bond acceptors (Lipinski definition) is 16. The fourth-order valence-corrected chi connectivity index (χ4v) is 11.7. The van der Waals surface area contributed by atoms with Crippen LogP contribution in [-0.2, 0) is 47.9 Å². The van der Waals surface area contributed by atoms with Gasteiger partial charge in [0.2, 0.25) is 0 Å². The quantitative estimate of drug-likeness (QED) is 0.140. The second kappa shape index (κ2) is 23.3. The fourth-order valence-electron chi connectivity index (χ4n) is 11.3. The average Bonchev–Trinajstić information content (AvgIpc) is 3.74. The summed E-state index contributed by atoms with van der Waals surface area (Å²) >= 11 is 1.72. The molecule has 1 aromatic carbocycles. The van der Waals surface area contributed by atoms with Gasteiger partial charge in [-0.2, -0.15) is 0 Å². The van der Waals surface area contributed by atoms with Gasteiger partial charge >= 0.3 is 5.97 Å². The lowest BCUT2D eigenvalue weighted by Gasteiger charge is -2.51. The molecule has 0 bridgehead atoms. The summed E-state index contributed by atoms with van der Waals surface area (Å²) in [6.45, 7) is 19.8. The summed E-state index contributed by atoms with van der Waals surface area (Å²) in [5, 5.41) is 68.8. The molecule has 3 fully saturated rings. The van der Waals surface area contributed by atoms with Gasteiger partial charge in [0.05, 0.1) is 47.2 Å². The van der Waals surface area contributed by atoms with Crippen molar-refractivity contribution >= 4 is 17.7 Å². The Balaban J connectivity index is 1.44. The molecule has 0 aliphatic carbocycles. The van der Waals surface area contributed by atoms with Gasteiger partial charge in [-0.25, -0.2) is 0 Å². The molecule has 0 spiro atoms. The largest absolute Gasteiger partial charge is 0.459 e. The Morgan fingerprint density at radius 1 is 0.970 bits per heavy atom. The van der Waals surface area contributed by atoms with Gasteiger partial charge in [0, 0.05) is 68.7 Å². The molecule has 17 heteroatoms. The number of carbonyl (C=O) groups is 1. The number of aromatic nitrogens is 3. The number of rotatable bonds is 13. The van der Waals surface area contributed by atoms with Crippen molar-refractivity contribution in [2.45, 2.75) is 203 Å². The standard InChI is InChI=1S/C50H85N5O11S/c1-15-40-50(10,61)43(57)33(6)54(12)27-29(2)25-48(8,60)45(31(4)41(32(5)46(59)65-40)39-26-49(9,62-13)44(58)34(7)64-39)66-47-42(56)38(24-30(3)63-47)53(11)22-21-36-28-55(52-51-36)23-20-35-16-18-37(67-14)19-17-35/h16-19,28-34,38-45,47,56-58,60-61H,15,20-27H2,1-14H3/t29-,30-,31+,32-,33-,34+,38+,39?,40-,41+,42-,43-,44+,45-,47+,48-,49-,50-/m1/s1. The molecule has 382 valence electrons. The van der Waals surface area contributed by atoms with Crippen LogP contribution in [0.5, 0.6) is 0 Å². The third kappa shape index (κ3) is 13.2. The van der Waals surface area contributed by atoms with E-state index in [1.165, 1.54) is 17.4 Å². The molecular weight excluding hydrogens is 879 g/mol. The molecule has 3 saturated heterocycles. The van der Waals surface area contributed by atoms with E-state index >= 15 is 0 Å². The van der Waals surface area contributed by atoms with Crippen LogP contribution >= 0.6 is 11.8 Å². The Kier molecular flexibility index (Phi) is 19.4. The molecule has 1 aromatic heterocycles. The number of aliphatic hydroxyl groups excluding tert-OH is 3.